The zero-order valence-electron chi connectivity index (χ0n) is 7.20. The van der Waals surface area contributed by atoms with E-state index in [1.165, 1.54) is 11.1 Å². The van der Waals surface area contributed by atoms with E-state index in [4.69, 9.17) is 5.26 Å². The third-order valence-electron chi connectivity index (χ3n) is 4.33. The first-order valence-electron chi connectivity index (χ1n) is 4.88. The molecule has 0 saturated heterocycles. The number of hydrogen-bond donors (Lipinski definition) is 0. The highest BCUT2D eigenvalue weighted by molar-refractivity contribution is 5.58. The standard InChI is InChI=1S/C12H9N/c13-6-12-5-9-7-3-1-2-4-8(7)10(12)11(9)12/h1-4,9-11H,5H2/t9-,10-,11-,12-/m1/s1. The molecule has 0 aromatic heterocycles. The maximum absolute atomic E-state index is 9.08. The average Bonchev–Trinajstić information content (AvgIpc) is 2.55. The summed E-state index contributed by atoms with van der Waals surface area (Å²) in [6.07, 6.45) is 1.13. The minimum atomic E-state index is 0.0963. The van der Waals surface area contributed by atoms with Crippen molar-refractivity contribution in [2.45, 2.75) is 18.3 Å². The van der Waals surface area contributed by atoms with E-state index in [9.17, 15) is 0 Å². The van der Waals surface area contributed by atoms with Crippen molar-refractivity contribution in [3.8, 4) is 6.07 Å². The van der Waals surface area contributed by atoms with Crippen LogP contribution in [0.15, 0.2) is 24.3 Å². The Morgan fingerprint density at radius 1 is 1.31 bits per heavy atom. The topological polar surface area (TPSA) is 23.8 Å². The van der Waals surface area contributed by atoms with Gasteiger partial charge < -0.3 is 0 Å². The third-order valence-corrected chi connectivity index (χ3v) is 4.33. The lowest BCUT2D eigenvalue weighted by molar-refractivity contribution is 0.310. The predicted octanol–water partition coefficient (Wildman–Crippen LogP) is 2.41. The fourth-order valence-electron chi connectivity index (χ4n) is 3.75. The maximum atomic E-state index is 9.08. The average molecular weight is 167 g/mol. The van der Waals surface area contributed by atoms with Crippen LogP contribution in [0.5, 0.6) is 0 Å². The fourth-order valence-corrected chi connectivity index (χ4v) is 3.75. The molecule has 1 aromatic carbocycles. The second kappa shape index (κ2) is 1.53. The summed E-state index contributed by atoms with van der Waals surface area (Å²) >= 11 is 0. The number of rotatable bonds is 0. The van der Waals surface area contributed by atoms with Gasteiger partial charge in [-0.3, -0.25) is 0 Å². The summed E-state index contributed by atoms with van der Waals surface area (Å²) in [6, 6.07) is 11.2. The van der Waals surface area contributed by atoms with E-state index in [0.717, 1.165) is 12.3 Å². The van der Waals surface area contributed by atoms with Gasteiger partial charge in [0.15, 0.2) is 0 Å². The van der Waals surface area contributed by atoms with Crippen LogP contribution in [0, 0.1) is 22.7 Å². The molecule has 0 bridgehead atoms. The molecule has 0 radical (unpaired) electrons. The molecule has 1 heteroatoms. The second-order valence-electron chi connectivity index (χ2n) is 4.60. The van der Waals surface area contributed by atoms with Crippen LogP contribution in [0.3, 0.4) is 0 Å². The molecule has 2 fully saturated rings. The highest BCUT2D eigenvalue weighted by Crippen LogP contribution is 2.86. The Hall–Kier alpha value is -1.29. The van der Waals surface area contributed by atoms with Crippen molar-refractivity contribution < 1.29 is 0 Å². The van der Waals surface area contributed by atoms with Gasteiger partial charge in [-0.05, 0) is 29.4 Å². The van der Waals surface area contributed by atoms with E-state index in [1.807, 2.05) is 0 Å². The van der Waals surface area contributed by atoms with Gasteiger partial charge in [0.05, 0.1) is 11.5 Å². The number of nitrogens with zero attached hydrogens (tertiary/aromatic N) is 1. The molecule has 4 rings (SSSR count). The van der Waals surface area contributed by atoms with Crippen molar-refractivity contribution in [2.75, 3.05) is 0 Å². The lowest BCUT2D eigenvalue weighted by atomic mass is 9.69. The number of fused-ring (bicyclic) bond motifs is 4. The number of hydrogen-bond acceptors (Lipinski definition) is 1. The van der Waals surface area contributed by atoms with E-state index in [1.54, 1.807) is 0 Å². The van der Waals surface area contributed by atoms with Crippen LogP contribution in [0.25, 0.3) is 0 Å². The van der Waals surface area contributed by atoms with Crippen molar-refractivity contribution in [3.63, 3.8) is 0 Å². The van der Waals surface area contributed by atoms with Gasteiger partial charge in [0.25, 0.3) is 0 Å². The molecule has 3 aliphatic rings. The van der Waals surface area contributed by atoms with Gasteiger partial charge in [0.1, 0.15) is 0 Å². The summed E-state index contributed by atoms with van der Waals surface area (Å²) in [5.74, 6) is 2.05. The van der Waals surface area contributed by atoms with Crippen molar-refractivity contribution in [3.05, 3.63) is 35.4 Å². The third kappa shape index (κ3) is 0.425. The van der Waals surface area contributed by atoms with Gasteiger partial charge in [-0.2, -0.15) is 5.26 Å². The Morgan fingerprint density at radius 3 is 2.85 bits per heavy atom. The molecular formula is C12H9N. The Morgan fingerprint density at radius 2 is 2.08 bits per heavy atom. The van der Waals surface area contributed by atoms with Gasteiger partial charge in [-0.25, -0.2) is 0 Å². The lowest BCUT2D eigenvalue weighted by Gasteiger charge is -2.32. The molecular weight excluding hydrogens is 158 g/mol. The van der Waals surface area contributed by atoms with Gasteiger partial charge in [0, 0.05) is 5.92 Å². The van der Waals surface area contributed by atoms with E-state index >= 15 is 0 Å². The second-order valence-corrected chi connectivity index (χ2v) is 4.60. The molecule has 2 saturated carbocycles. The van der Waals surface area contributed by atoms with Gasteiger partial charge in [-0.15, -0.1) is 0 Å². The Balaban J connectivity index is 1.97. The summed E-state index contributed by atoms with van der Waals surface area (Å²) in [5, 5.41) is 9.08. The van der Waals surface area contributed by atoms with Gasteiger partial charge in [0.2, 0.25) is 0 Å². The maximum Gasteiger partial charge on any atom is 0.0699 e. The van der Waals surface area contributed by atoms with Crippen LogP contribution < -0.4 is 0 Å². The first-order valence-corrected chi connectivity index (χ1v) is 4.88. The van der Waals surface area contributed by atoms with Crippen LogP contribution >= 0.6 is 0 Å². The molecule has 4 atom stereocenters. The number of benzene rings is 1. The lowest BCUT2D eigenvalue weighted by Crippen LogP contribution is -2.24. The Kier molecular flexibility index (Phi) is 0.729. The molecule has 0 N–H and O–H groups in total. The SMILES string of the molecule is N#C[C@]12C[C@@H]3c4ccccc4[C@@H]1[C@@H]32. The number of nitriles is 1. The predicted molar refractivity (Wildman–Crippen MR) is 48.1 cm³/mol. The van der Waals surface area contributed by atoms with Crippen molar-refractivity contribution in [1.29, 1.82) is 5.26 Å². The van der Waals surface area contributed by atoms with Crippen molar-refractivity contribution in [2.24, 2.45) is 11.3 Å². The Bertz CT molecular complexity index is 456. The summed E-state index contributed by atoms with van der Waals surface area (Å²) in [5.41, 5.74) is 3.11. The van der Waals surface area contributed by atoms with E-state index < -0.39 is 0 Å². The van der Waals surface area contributed by atoms with Gasteiger partial charge in [-0.1, -0.05) is 24.3 Å². The molecule has 62 valence electrons. The summed E-state index contributed by atoms with van der Waals surface area (Å²) in [6.45, 7) is 0. The largest absolute Gasteiger partial charge is 0.198 e. The van der Waals surface area contributed by atoms with Crippen LogP contribution in [0.1, 0.15) is 29.4 Å². The zero-order chi connectivity index (χ0) is 8.63. The monoisotopic (exact) mass is 167 g/mol. The minimum Gasteiger partial charge on any atom is -0.198 e. The zero-order valence-corrected chi connectivity index (χ0v) is 7.20. The molecule has 13 heavy (non-hydrogen) atoms. The molecule has 0 unspecified atom stereocenters. The smallest absolute Gasteiger partial charge is 0.0699 e. The van der Waals surface area contributed by atoms with Crippen molar-refractivity contribution >= 4 is 0 Å². The van der Waals surface area contributed by atoms with Crippen LogP contribution in [-0.4, -0.2) is 0 Å². The first-order chi connectivity index (χ1) is 6.38. The van der Waals surface area contributed by atoms with E-state index in [-0.39, 0.29) is 5.41 Å². The Labute approximate surface area is 77.0 Å². The van der Waals surface area contributed by atoms with Crippen LogP contribution in [-0.2, 0) is 0 Å². The molecule has 1 aromatic rings. The van der Waals surface area contributed by atoms with Crippen LogP contribution in [0.4, 0.5) is 0 Å². The quantitative estimate of drug-likeness (QED) is 0.582. The van der Waals surface area contributed by atoms with Crippen LogP contribution in [0.2, 0.25) is 0 Å². The summed E-state index contributed by atoms with van der Waals surface area (Å²) in [7, 11) is 0. The highest BCUT2D eigenvalue weighted by Gasteiger charge is 2.80. The highest BCUT2D eigenvalue weighted by atomic mass is 14.8. The normalized spacial score (nSPS) is 47.2. The molecule has 0 aliphatic heterocycles. The fraction of sp³-hybridized carbons (Fsp3) is 0.417. The molecule has 0 spiro atoms. The summed E-state index contributed by atoms with van der Waals surface area (Å²) in [4.78, 5) is 0. The van der Waals surface area contributed by atoms with E-state index in [0.29, 0.717) is 11.8 Å². The minimum absolute atomic E-state index is 0.0963. The van der Waals surface area contributed by atoms with Crippen molar-refractivity contribution in [1.82, 2.24) is 0 Å². The molecule has 0 amide bonds. The summed E-state index contributed by atoms with van der Waals surface area (Å²) < 4.78 is 0. The first kappa shape index (κ1) is 6.21. The van der Waals surface area contributed by atoms with Gasteiger partial charge >= 0.3 is 0 Å². The molecule has 1 nitrogen and oxygen atoms in total. The molecule has 0 heterocycles. The molecule has 3 aliphatic carbocycles. The van der Waals surface area contributed by atoms with E-state index in [2.05, 4.69) is 30.3 Å².